The molecule has 0 saturated heterocycles. The molecule has 0 aliphatic rings. The third-order valence-electron chi connectivity index (χ3n) is 2.29. The van der Waals surface area contributed by atoms with E-state index in [1.165, 1.54) is 5.56 Å². The maximum atomic E-state index is 8.62. The Morgan fingerprint density at radius 3 is 2.20 bits per heavy atom. The normalized spacial score (nSPS) is 11.5. The van der Waals surface area contributed by atoms with Crippen molar-refractivity contribution < 1.29 is 9.84 Å². The summed E-state index contributed by atoms with van der Waals surface area (Å²) in [5.41, 5.74) is 1.49. The maximum Gasteiger partial charge on any atom is 0.119 e. The molecule has 2 nitrogen and oxygen atoms in total. The zero-order valence-corrected chi connectivity index (χ0v) is 9.79. The second kappa shape index (κ2) is 5.17. The Morgan fingerprint density at radius 1 is 1.13 bits per heavy atom. The maximum absolute atomic E-state index is 8.62. The second-order valence-electron chi connectivity index (χ2n) is 4.70. The number of aliphatic hydroxyl groups is 1. The molecular formula is C13H20O2. The topological polar surface area (TPSA) is 29.5 Å². The molecule has 0 fully saturated rings. The Bertz CT molecular complexity index is 282. The number of hydrogen-bond acceptors (Lipinski definition) is 2. The summed E-state index contributed by atoms with van der Waals surface area (Å²) in [4.78, 5) is 0. The molecule has 0 aliphatic heterocycles. The molecule has 0 atom stereocenters. The molecule has 1 rings (SSSR count). The van der Waals surface area contributed by atoms with Crippen LogP contribution in [0.4, 0.5) is 0 Å². The Morgan fingerprint density at radius 2 is 1.73 bits per heavy atom. The van der Waals surface area contributed by atoms with Gasteiger partial charge in [0.15, 0.2) is 0 Å². The monoisotopic (exact) mass is 208 g/mol. The van der Waals surface area contributed by atoms with Crippen LogP contribution < -0.4 is 4.74 Å². The standard InChI is InChI=1S/C13H20O2/c1-13(2,3)11-5-7-12(8-6-11)15-10-4-9-14/h5-8,14H,4,9-10H2,1-3H3. The fourth-order valence-electron chi connectivity index (χ4n) is 1.31. The van der Waals surface area contributed by atoms with Gasteiger partial charge in [0, 0.05) is 13.0 Å². The third kappa shape index (κ3) is 3.92. The average Bonchev–Trinajstić information content (AvgIpc) is 2.18. The van der Waals surface area contributed by atoms with E-state index in [1.807, 2.05) is 12.1 Å². The summed E-state index contributed by atoms with van der Waals surface area (Å²) in [6.07, 6.45) is 0.682. The molecule has 0 heterocycles. The average molecular weight is 208 g/mol. The van der Waals surface area contributed by atoms with Crippen LogP contribution in [-0.2, 0) is 5.41 Å². The minimum atomic E-state index is 0.181. The summed E-state index contributed by atoms with van der Waals surface area (Å²) in [5, 5.41) is 8.62. The molecule has 0 unspecified atom stereocenters. The summed E-state index contributed by atoms with van der Waals surface area (Å²) in [7, 11) is 0. The SMILES string of the molecule is CC(C)(C)c1ccc(OCCCO)cc1. The fourth-order valence-corrected chi connectivity index (χ4v) is 1.31. The first kappa shape index (κ1) is 12.1. The summed E-state index contributed by atoms with van der Waals surface area (Å²) in [6, 6.07) is 8.15. The van der Waals surface area contributed by atoms with Gasteiger partial charge in [-0.25, -0.2) is 0 Å². The minimum absolute atomic E-state index is 0.181. The first-order chi connectivity index (χ1) is 7.04. The first-order valence-electron chi connectivity index (χ1n) is 5.38. The molecule has 1 N–H and O–H groups in total. The smallest absolute Gasteiger partial charge is 0.119 e. The lowest BCUT2D eigenvalue weighted by molar-refractivity contribution is 0.233. The predicted octanol–water partition coefficient (Wildman–Crippen LogP) is 2.75. The first-order valence-corrected chi connectivity index (χ1v) is 5.38. The van der Waals surface area contributed by atoms with Crippen LogP contribution in [-0.4, -0.2) is 18.3 Å². The lowest BCUT2D eigenvalue weighted by atomic mass is 9.87. The summed E-state index contributed by atoms with van der Waals surface area (Å²) >= 11 is 0. The van der Waals surface area contributed by atoms with Crippen LogP contribution in [0.3, 0.4) is 0 Å². The van der Waals surface area contributed by atoms with Crippen molar-refractivity contribution in [3.63, 3.8) is 0 Å². The molecule has 1 aromatic carbocycles. The van der Waals surface area contributed by atoms with Crippen molar-refractivity contribution in [2.45, 2.75) is 32.6 Å². The van der Waals surface area contributed by atoms with Crippen molar-refractivity contribution >= 4 is 0 Å². The molecule has 0 spiro atoms. The van der Waals surface area contributed by atoms with Crippen LogP contribution in [0.15, 0.2) is 24.3 Å². The highest BCUT2D eigenvalue weighted by Gasteiger charge is 2.12. The Kier molecular flexibility index (Phi) is 4.15. The van der Waals surface area contributed by atoms with E-state index in [2.05, 4.69) is 32.9 Å². The highest BCUT2D eigenvalue weighted by molar-refractivity contribution is 5.30. The molecular weight excluding hydrogens is 188 g/mol. The van der Waals surface area contributed by atoms with Gasteiger partial charge >= 0.3 is 0 Å². The molecule has 0 aromatic heterocycles. The molecule has 15 heavy (non-hydrogen) atoms. The van der Waals surface area contributed by atoms with E-state index in [4.69, 9.17) is 9.84 Å². The largest absolute Gasteiger partial charge is 0.494 e. The lowest BCUT2D eigenvalue weighted by Gasteiger charge is -2.19. The van der Waals surface area contributed by atoms with Crippen molar-refractivity contribution in [3.05, 3.63) is 29.8 Å². The van der Waals surface area contributed by atoms with Gasteiger partial charge in [-0.1, -0.05) is 32.9 Å². The number of benzene rings is 1. The summed E-state index contributed by atoms with van der Waals surface area (Å²) < 4.78 is 5.45. The molecule has 2 heteroatoms. The summed E-state index contributed by atoms with van der Waals surface area (Å²) in [6.45, 7) is 7.32. The number of ether oxygens (including phenoxy) is 1. The van der Waals surface area contributed by atoms with Crippen molar-refractivity contribution in [1.29, 1.82) is 0 Å². The molecule has 0 saturated carbocycles. The van der Waals surface area contributed by atoms with Crippen molar-refractivity contribution in [3.8, 4) is 5.75 Å². The molecule has 0 radical (unpaired) electrons. The van der Waals surface area contributed by atoms with Gasteiger partial charge in [0.25, 0.3) is 0 Å². The quantitative estimate of drug-likeness (QED) is 0.771. The molecule has 1 aromatic rings. The van der Waals surface area contributed by atoms with Crippen LogP contribution in [0.25, 0.3) is 0 Å². The van der Waals surface area contributed by atoms with E-state index in [-0.39, 0.29) is 12.0 Å². The number of aliphatic hydroxyl groups excluding tert-OH is 1. The van der Waals surface area contributed by atoms with E-state index in [9.17, 15) is 0 Å². The third-order valence-corrected chi connectivity index (χ3v) is 2.29. The zero-order valence-electron chi connectivity index (χ0n) is 9.79. The van der Waals surface area contributed by atoms with Crippen LogP contribution in [0, 0.1) is 0 Å². The number of rotatable bonds is 4. The highest BCUT2D eigenvalue weighted by Crippen LogP contribution is 2.24. The number of hydrogen-bond donors (Lipinski definition) is 1. The molecule has 84 valence electrons. The van der Waals surface area contributed by atoms with E-state index in [1.54, 1.807) is 0 Å². The van der Waals surface area contributed by atoms with E-state index in [0.717, 1.165) is 5.75 Å². The predicted molar refractivity (Wildman–Crippen MR) is 62.3 cm³/mol. The molecule has 0 amide bonds. The van der Waals surface area contributed by atoms with Gasteiger partial charge in [0.05, 0.1) is 6.61 Å². The van der Waals surface area contributed by atoms with E-state index < -0.39 is 0 Å². The lowest BCUT2D eigenvalue weighted by Crippen LogP contribution is -2.10. The van der Waals surface area contributed by atoms with Crippen LogP contribution in [0.5, 0.6) is 5.75 Å². The van der Waals surface area contributed by atoms with E-state index >= 15 is 0 Å². The summed E-state index contributed by atoms with van der Waals surface area (Å²) in [5.74, 6) is 0.872. The highest BCUT2D eigenvalue weighted by atomic mass is 16.5. The van der Waals surface area contributed by atoms with Gasteiger partial charge in [-0.3, -0.25) is 0 Å². The van der Waals surface area contributed by atoms with Gasteiger partial charge < -0.3 is 9.84 Å². The van der Waals surface area contributed by atoms with Gasteiger partial charge in [0.1, 0.15) is 5.75 Å². The Labute approximate surface area is 91.9 Å². The van der Waals surface area contributed by atoms with Gasteiger partial charge in [-0.15, -0.1) is 0 Å². The minimum Gasteiger partial charge on any atom is -0.494 e. The Balaban J connectivity index is 2.57. The second-order valence-corrected chi connectivity index (χ2v) is 4.70. The van der Waals surface area contributed by atoms with Crippen LogP contribution in [0.2, 0.25) is 0 Å². The molecule has 0 aliphatic carbocycles. The fraction of sp³-hybridized carbons (Fsp3) is 0.538. The van der Waals surface area contributed by atoms with Crippen molar-refractivity contribution in [1.82, 2.24) is 0 Å². The van der Waals surface area contributed by atoms with Crippen LogP contribution in [0.1, 0.15) is 32.8 Å². The van der Waals surface area contributed by atoms with Crippen LogP contribution >= 0.6 is 0 Å². The van der Waals surface area contributed by atoms with Gasteiger partial charge in [0.2, 0.25) is 0 Å². The molecule has 0 bridgehead atoms. The van der Waals surface area contributed by atoms with Crippen molar-refractivity contribution in [2.75, 3.05) is 13.2 Å². The Hall–Kier alpha value is -1.02. The van der Waals surface area contributed by atoms with Gasteiger partial charge in [-0.05, 0) is 23.1 Å². The van der Waals surface area contributed by atoms with Crippen molar-refractivity contribution in [2.24, 2.45) is 0 Å². The van der Waals surface area contributed by atoms with Gasteiger partial charge in [-0.2, -0.15) is 0 Å². The van der Waals surface area contributed by atoms with E-state index in [0.29, 0.717) is 13.0 Å². The zero-order chi connectivity index (χ0) is 11.3.